The van der Waals surface area contributed by atoms with Gasteiger partial charge in [-0.15, -0.1) is 5.10 Å². The number of nitrogens with zero attached hydrogens (tertiary/aromatic N) is 3. The summed E-state index contributed by atoms with van der Waals surface area (Å²) in [6, 6.07) is 17.4. The third-order valence-corrected chi connectivity index (χ3v) is 5.41. The molecule has 0 fully saturated rings. The first kappa shape index (κ1) is 18.9. The Kier molecular flexibility index (Phi) is 5.44. The molecule has 0 amide bonds. The molecule has 4 aromatic rings. The molecule has 0 aliphatic rings. The summed E-state index contributed by atoms with van der Waals surface area (Å²) in [5.41, 5.74) is 2.00. The smallest absolute Gasteiger partial charge is 0.275 e. The molecule has 0 spiro atoms. The third-order valence-electron chi connectivity index (χ3n) is 4.56. The maximum Gasteiger partial charge on any atom is 0.275 e. The molecule has 0 aliphatic carbocycles. The van der Waals surface area contributed by atoms with Crippen LogP contribution >= 0.6 is 11.3 Å². The molecule has 4 rings (SSSR count). The lowest BCUT2D eigenvalue weighted by Crippen LogP contribution is -2.16. The van der Waals surface area contributed by atoms with Gasteiger partial charge in [0.2, 0.25) is 10.1 Å². The van der Waals surface area contributed by atoms with Gasteiger partial charge in [-0.3, -0.25) is 4.79 Å². The van der Waals surface area contributed by atoms with E-state index in [0.29, 0.717) is 28.0 Å². The van der Waals surface area contributed by atoms with E-state index >= 15 is 0 Å². The summed E-state index contributed by atoms with van der Waals surface area (Å²) >= 11 is 1.34. The summed E-state index contributed by atoms with van der Waals surface area (Å²) in [6.07, 6.45) is 2.19. The fourth-order valence-electron chi connectivity index (χ4n) is 3.13. The molecule has 8 heteroatoms. The molecule has 29 heavy (non-hydrogen) atoms. The molecule has 1 atom stereocenters. The third kappa shape index (κ3) is 4.07. The highest BCUT2D eigenvalue weighted by Gasteiger charge is 2.17. The highest BCUT2D eigenvalue weighted by atomic mass is 32.1. The van der Waals surface area contributed by atoms with Crippen LogP contribution in [0.4, 0.5) is 5.13 Å². The van der Waals surface area contributed by atoms with Crippen LogP contribution < -0.4 is 20.3 Å². The highest BCUT2D eigenvalue weighted by molar-refractivity contribution is 7.20. The minimum atomic E-state index is -0.199. The number of hydrogen-bond donors (Lipinski definition) is 1. The predicted molar refractivity (Wildman–Crippen MR) is 113 cm³/mol. The van der Waals surface area contributed by atoms with E-state index < -0.39 is 0 Å². The Morgan fingerprint density at radius 2 is 1.86 bits per heavy atom. The van der Waals surface area contributed by atoms with Crippen LogP contribution in [0.25, 0.3) is 4.96 Å². The monoisotopic (exact) mass is 408 g/mol. The molecule has 1 N–H and O–H groups in total. The number of methoxy groups -OCH3 is 2. The first-order valence-corrected chi connectivity index (χ1v) is 9.87. The Hall–Kier alpha value is -3.39. The first-order chi connectivity index (χ1) is 14.2. The Labute approximate surface area is 171 Å². The van der Waals surface area contributed by atoms with E-state index in [0.717, 1.165) is 11.1 Å². The molecule has 0 bridgehead atoms. The minimum absolute atomic E-state index is 0.0504. The van der Waals surface area contributed by atoms with Crippen molar-refractivity contribution in [2.45, 2.75) is 12.5 Å². The van der Waals surface area contributed by atoms with Crippen LogP contribution in [-0.4, -0.2) is 28.8 Å². The lowest BCUT2D eigenvalue weighted by Gasteiger charge is -2.19. The van der Waals surface area contributed by atoms with Gasteiger partial charge in [0.15, 0.2) is 11.5 Å². The van der Waals surface area contributed by atoms with E-state index in [1.165, 1.54) is 28.1 Å². The van der Waals surface area contributed by atoms with E-state index in [1.54, 1.807) is 14.2 Å². The van der Waals surface area contributed by atoms with E-state index in [-0.39, 0.29) is 11.6 Å². The fraction of sp³-hybridized carbons (Fsp3) is 0.190. The lowest BCUT2D eigenvalue weighted by atomic mass is 9.98. The van der Waals surface area contributed by atoms with Crippen molar-refractivity contribution in [3.63, 3.8) is 0 Å². The number of rotatable bonds is 7. The second-order valence-corrected chi connectivity index (χ2v) is 7.34. The molecule has 2 heterocycles. The zero-order valence-electron chi connectivity index (χ0n) is 16.0. The minimum Gasteiger partial charge on any atom is -0.493 e. The van der Waals surface area contributed by atoms with Crippen molar-refractivity contribution in [3.8, 4) is 11.5 Å². The largest absolute Gasteiger partial charge is 0.493 e. The normalized spacial score (nSPS) is 11.9. The van der Waals surface area contributed by atoms with Gasteiger partial charge in [-0.2, -0.15) is 4.52 Å². The molecule has 2 aromatic carbocycles. The van der Waals surface area contributed by atoms with E-state index in [2.05, 4.69) is 27.5 Å². The Balaban J connectivity index is 1.67. The number of hydrogen-bond acceptors (Lipinski definition) is 7. The molecule has 0 radical (unpaired) electrons. The van der Waals surface area contributed by atoms with Crippen molar-refractivity contribution in [2.75, 3.05) is 19.5 Å². The van der Waals surface area contributed by atoms with Crippen molar-refractivity contribution in [2.24, 2.45) is 0 Å². The molecular formula is C21H20N4O3S. The van der Waals surface area contributed by atoms with Crippen LogP contribution in [0.1, 0.15) is 17.2 Å². The van der Waals surface area contributed by atoms with Crippen LogP contribution in [-0.2, 0) is 6.42 Å². The molecular weight excluding hydrogens is 388 g/mol. The maximum atomic E-state index is 12.0. The van der Waals surface area contributed by atoms with Crippen LogP contribution in [0.3, 0.4) is 0 Å². The summed E-state index contributed by atoms with van der Waals surface area (Å²) in [5.74, 6) is 1.38. The standard InChI is InChI=1S/C21H20N4O3S/c1-27-17-9-8-14(13-18(17)28-2)12-16(15-6-4-3-5-7-15)23-20-24-25-19(26)10-11-22-21(25)29-20/h3-11,13,16H,12H2,1-2H3,(H,23,24). The molecule has 148 valence electrons. The summed E-state index contributed by atoms with van der Waals surface area (Å²) in [5, 5.41) is 8.48. The fourth-order valence-corrected chi connectivity index (χ4v) is 3.96. The molecule has 2 aromatic heterocycles. The zero-order valence-corrected chi connectivity index (χ0v) is 16.8. The van der Waals surface area contributed by atoms with Crippen LogP contribution in [0, 0.1) is 0 Å². The summed E-state index contributed by atoms with van der Waals surface area (Å²) in [4.78, 5) is 16.8. The summed E-state index contributed by atoms with van der Waals surface area (Å²) in [6.45, 7) is 0. The van der Waals surface area contributed by atoms with Gasteiger partial charge in [0, 0.05) is 12.3 Å². The van der Waals surface area contributed by atoms with Gasteiger partial charge in [-0.05, 0) is 29.7 Å². The zero-order chi connectivity index (χ0) is 20.2. The topological polar surface area (TPSA) is 77.8 Å². The van der Waals surface area contributed by atoms with E-state index in [1.807, 2.05) is 36.4 Å². The van der Waals surface area contributed by atoms with E-state index in [9.17, 15) is 4.79 Å². The second kappa shape index (κ2) is 8.32. The quantitative estimate of drug-likeness (QED) is 0.504. The number of ether oxygens (including phenoxy) is 2. The van der Waals surface area contributed by atoms with Gasteiger partial charge < -0.3 is 14.8 Å². The molecule has 0 saturated heterocycles. The van der Waals surface area contributed by atoms with Gasteiger partial charge in [-0.1, -0.05) is 47.7 Å². The van der Waals surface area contributed by atoms with Crippen molar-refractivity contribution >= 4 is 21.4 Å². The van der Waals surface area contributed by atoms with Gasteiger partial charge >= 0.3 is 0 Å². The van der Waals surface area contributed by atoms with Gasteiger partial charge in [0.1, 0.15) is 0 Å². The average Bonchev–Trinajstić information content (AvgIpc) is 3.18. The van der Waals surface area contributed by atoms with Gasteiger partial charge in [-0.25, -0.2) is 4.98 Å². The van der Waals surface area contributed by atoms with Gasteiger partial charge in [0.25, 0.3) is 5.56 Å². The summed E-state index contributed by atoms with van der Waals surface area (Å²) < 4.78 is 12.1. The number of nitrogens with one attached hydrogen (secondary N) is 1. The van der Waals surface area contributed by atoms with Gasteiger partial charge in [0.05, 0.1) is 20.3 Å². The molecule has 0 aliphatic heterocycles. The van der Waals surface area contributed by atoms with Crippen molar-refractivity contribution in [1.82, 2.24) is 14.6 Å². The number of aromatic nitrogens is 3. The van der Waals surface area contributed by atoms with Crippen LogP contribution in [0.2, 0.25) is 0 Å². The Morgan fingerprint density at radius 1 is 1.07 bits per heavy atom. The SMILES string of the molecule is COc1ccc(CC(Nc2nn3c(=O)ccnc3s2)c2ccccc2)cc1OC. The Bertz CT molecular complexity index is 1170. The van der Waals surface area contributed by atoms with Crippen LogP contribution in [0.15, 0.2) is 65.6 Å². The number of benzene rings is 2. The van der Waals surface area contributed by atoms with Crippen molar-refractivity contribution < 1.29 is 9.47 Å². The predicted octanol–water partition coefficient (Wildman–Crippen LogP) is 3.56. The first-order valence-electron chi connectivity index (χ1n) is 9.05. The highest BCUT2D eigenvalue weighted by Crippen LogP contribution is 2.31. The van der Waals surface area contributed by atoms with E-state index in [4.69, 9.17) is 9.47 Å². The van der Waals surface area contributed by atoms with Crippen LogP contribution in [0.5, 0.6) is 11.5 Å². The lowest BCUT2D eigenvalue weighted by molar-refractivity contribution is 0.354. The van der Waals surface area contributed by atoms with Crippen molar-refractivity contribution in [3.05, 3.63) is 82.3 Å². The molecule has 7 nitrogen and oxygen atoms in total. The maximum absolute atomic E-state index is 12.0. The number of fused-ring (bicyclic) bond motifs is 1. The second-order valence-electron chi connectivity index (χ2n) is 6.39. The average molecular weight is 408 g/mol. The van der Waals surface area contributed by atoms with Crippen molar-refractivity contribution in [1.29, 1.82) is 0 Å². The number of anilines is 1. The Morgan fingerprint density at radius 3 is 2.59 bits per heavy atom. The molecule has 0 saturated carbocycles. The summed E-state index contributed by atoms with van der Waals surface area (Å²) in [7, 11) is 3.25. The molecule has 1 unspecified atom stereocenters.